The van der Waals surface area contributed by atoms with E-state index in [1.54, 1.807) is 0 Å². The molecule has 0 atom stereocenters. The molecule has 0 unspecified atom stereocenters. The van der Waals surface area contributed by atoms with Gasteiger partial charge >= 0.3 is 0 Å². The maximum absolute atomic E-state index is 15.0. The standard InChI is InChI=1S/C23H26F2N8O2/c24-15-9-29-21-19(20(26)31-33(21)12-15)22(34)30-17-11-28-10-16(25)18(17)13-1-3-14(4-2-13)23(35)32-7-5-27-6-8-32/h9-14,27H,1-8H2,(H2,26,31)(H,30,34). The molecule has 0 bridgehead atoms. The van der Waals surface area contributed by atoms with Gasteiger partial charge < -0.3 is 21.3 Å². The third-order valence-electron chi connectivity index (χ3n) is 6.80. The number of amides is 2. The Bertz CT molecular complexity index is 1270. The molecule has 2 fully saturated rings. The minimum absolute atomic E-state index is 0.0365. The van der Waals surface area contributed by atoms with Gasteiger partial charge in [0.1, 0.15) is 11.4 Å². The monoisotopic (exact) mass is 484 g/mol. The first-order chi connectivity index (χ1) is 16.9. The molecule has 1 saturated heterocycles. The van der Waals surface area contributed by atoms with Crippen LogP contribution in [0.15, 0.2) is 24.8 Å². The van der Waals surface area contributed by atoms with Gasteiger partial charge in [0.05, 0.1) is 30.5 Å². The lowest BCUT2D eigenvalue weighted by Gasteiger charge is -2.34. The topological polar surface area (TPSA) is 131 Å². The summed E-state index contributed by atoms with van der Waals surface area (Å²) in [5, 5.41) is 9.87. The third-order valence-corrected chi connectivity index (χ3v) is 6.80. The molecule has 4 heterocycles. The van der Waals surface area contributed by atoms with Crippen LogP contribution >= 0.6 is 0 Å². The van der Waals surface area contributed by atoms with Crippen molar-refractivity contribution in [3.63, 3.8) is 0 Å². The van der Waals surface area contributed by atoms with Crippen LogP contribution in [0, 0.1) is 17.6 Å². The fraction of sp³-hybridized carbons (Fsp3) is 0.435. The van der Waals surface area contributed by atoms with Crippen LogP contribution in [0.25, 0.3) is 5.65 Å². The van der Waals surface area contributed by atoms with Crippen LogP contribution in [0.4, 0.5) is 20.3 Å². The lowest BCUT2D eigenvalue weighted by Crippen LogP contribution is -2.48. The van der Waals surface area contributed by atoms with Crippen LogP contribution in [0.2, 0.25) is 0 Å². The molecule has 1 saturated carbocycles. The minimum Gasteiger partial charge on any atom is -0.381 e. The second kappa shape index (κ2) is 9.53. The first-order valence-corrected chi connectivity index (χ1v) is 11.7. The van der Waals surface area contributed by atoms with Crippen LogP contribution in [0.3, 0.4) is 0 Å². The Morgan fingerprint density at radius 1 is 1.09 bits per heavy atom. The number of nitrogens with zero attached hydrogens (tertiary/aromatic N) is 5. The number of aromatic nitrogens is 4. The summed E-state index contributed by atoms with van der Waals surface area (Å²) in [6.45, 7) is 3.02. The maximum Gasteiger partial charge on any atom is 0.263 e. The zero-order chi connectivity index (χ0) is 24.5. The van der Waals surface area contributed by atoms with Gasteiger partial charge in [-0.15, -0.1) is 5.10 Å². The van der Waals surface area contributed by atoms with Crippen molar-refractivity contribution >= 4 is 29.0 Å². The number of piperazine rings is 1. The van der Waals surface area contributed by atoms with E-state index in [0.29, 0.717) is 44.3 Å². The Hall–Kier alpha value is -3.67. The van der Waals surface area contributed by atoms with Gasteiger partial charge in [0.25, 0.3) is 5.91 Å². The second-order valence-corrected chi connectivity index (χ2v) is 8.96. The first-order valence-electron chi connectivity index (χ1n) is 11.7. The van der Waals surface area contributed by atoms with Crippen molar-refractivity contribution in [2.75, 3.05) is 37.2 Å². The van der Waals surface area contributed by atoms with Gasteiger partial charge in [-0.2, -0.15) is 0 Å². The van der Waals surface area contributed by atoms with E-state index in [0.717, 1.165) is 36.2 Å². The Morgan fingerprint density at radius 2 is 1.83 bits per heavy atom. The molecule has 1 aliphatic carbocycles. The number of pyridine rings is 1. The number of carbonyl (C=O) groups is 2. The van der Waals surface area contributed by atoms with Crippen molar-refractivity contribution in [3.05, 3.63) is 47.5 Å². The predicted octanol–water partition coefficient (Wildman–Crippen LogP) is 1.94. The molecule has 2 aliphatic rings. The summed E-state index contributed by atoms with van der Waals surface area (Å²) in [7, 11) is 0. The smallest absolute Gasteiger partial charge is 0.263 e. The molecule has 0 spiro atoms. The van der Waals surface area contributed by atoms with Crippen molar-refractivity contribution in [1.82, 2.24) is 29.8 Å². The number of hydrogen-bond acceptors (Lipinski definition) is 7. The van der Waals surface area contributed by atoms with Crippen molar-refractivity contribution in [3.8, 4) is 0 Å². The highest BCUT2D eigenvalue weighted by molar-refractivity contribution is 6.11. The van der Waals surface area contributed by atoms with Crippen molar-refractivity contribution in [2.24, 2.45) is 5.92 Å². The SMILES string of the molecule is Nc1nn2cc(F)cnc2c1C(=O)Nc1cncc(F)c1C1CCC(C(=O)N2CCNCC2)CC1. The average molecular weight is 485 g/mol. The number of nitrogens with one attached hydrogen (secondary N) is 2. The second-order valence-electron chi connectivity index (χ2n) is 8.96. The highest BCUT2D eigenvalue weighted by atomic mass is 19.1. The van der Waals surface area contributed by atoms with E-state index < -0.39 is 17.5 Å². The van der Waals surface area contributed by atoms with E-state index >= 15 is 0 Å². The average Bonchev–Trinajstić information content (AvgIpc) is 3.19. The summed E-state index contributed by atoms with van der Waals surface area (Å²) in [5.41, 5.74) is 6.52. The highest BCUT2D eigenvalue weighted by Crippen LogP contribution is 2.40. The molecular weight excluding hydrogens is 458 g/mol. The number of hydrogen-bond donors (Lipinski definition) is 3. The molecule has 35 heavy (non-hydrogen) atoms. The van der Waals surface area contributed by atoms with Crippen LogP contribution in [0.1, 0.15) is 47.5 Å². The Morgan fingerprint density at radius 3 is 2.57 bits per heavy atom. The van der Waals surface area contributed by atoms with Crippen molar-refractivity contribution in [2.45, 2.75) is 31.6 Å². The molecule has 184 valence electrons. The highest BCUT2D eigenvalue weighted by Gasteiger charge is 2.33. The first kappa shape index (κ1) is 23.1. The number of halogens is 2. The molecule has 12 heteroatoms. The van der Waals surface area contributed by atoms with E-state index in [4.69, 9.17) is 5.73 Å². The summed E-state index contributed by atoms with van der Waals surface area (Å²) in [5.74, 6) is -2.00. The maximum atomic E-state index is 15.0. The van der Waals surface area contributed by atoms with E-state index in [2.05, 4.69) is 25.7 Å². The molecule has 0 radical (unpaired) electrons. The molecular formula is C23H26F2N8O2. The van der Waals surface area contributed by atoms with E-state index in [-0.39, 0.29) is 40.5 Å². The molecule has 10 nitrogen and oxygen atoms in total. The summed E-state index contributed by atoms with van der Waals surface area (Å²) in [6.07, 6.45) is 7.07. The molecule has 4 N–H and O–H groups in total. The van der Waals surface area contributed by atoms with Crippen molar-refractivity contribution in [1.29, 1.82) is 0 Å². The largest absolute Gasteiger partial charge is 0.381 e. The Kier molecular flexibility index (Phi) is 6.29. The number of fused-ring (bicyclic) bond motifs is 1. The van der Waals surface area contributed by atoms with Gasteiger partial charge in [-0.3, -0.25) is 14.6 Å². The third kappa shape index (κ3) is 4.53. The van der Waals surface area contributed by atoms with E-state index in [9.17, 15) is 18.4 Å². The summed E-state index contributed by atoms with van der Waals surface area (Å²) >= 11 is 0. The number of rotatable bonds is 4. The van der Waals surface area contributed by atoms with Crippen LogP contribution in [-0.2, 0) is 4.79 Å². The predicted molar refractivity (Wildman–Crippen MR) is 124 cm³/mol. The quantitative estimate of drug-likeness (QED) is 0.516. The fourth-order valence-corrected chi connectivity index (χ4v) is 5.06. The van der Waals surface area contributed by atoms with Gasteiger partial charge in [-0.1, -0.05) is 0 Å². The zero-order valence-electron chi connectivity index (χ0n) is 19.0. The van der Waals surface area contributed by atoms with Gasteiger partial charge in [0.2, 0.25) is 5.91 Å². The molecule has 5 rings (SSSR count). The number of anilines is 2. The summed E-state index contributed by atoms with van der Waals surface area (Å²) in [6, 6.07) is 0. The van der Waals surface area contributed by atoms with Gasteiger partial charge in [0.15, 0.2) is 17.3 Å². The Labute approximate surface area is 199 Å². The molecule has 3 aromatic rings. The zero-order valence-corrected chi connectivity index (χ0v) is 19.0. The van der Waals surface area contributed by atoms with Crippen molar-refractivity contribution < 1.29 is 18.4 Å². The molecule has 0 aromatic carbocycles. The van der Waals surface area contributed by atoms with Gasteiger partial charge in [-0.05, 0) is 31.6 Å². The van der Waals surface area contributed by atoms with Crippen LogP contribution in [0.5, 0.6) is 0 Å². The molecule has 1 aliphatic heterocycles. The minimum atomic E-state index is -0.646. The fourth-order valence-electron chi connectivity index (χ4n) is 5.06. The Balaban J connectivity index is 1.33. The summed E-state index contributed by atoms with van der Waals surface area (Å²) < 4.78 is 29.5. The lowest BCUT2D eigenvalue weighted by atomic mass is 9.77. The van der Waals surface area contributed by atoms with Crippen LogP contribution < -0.4 is 16.4 Å². The number of nitrogens with two attached hydrogens (primary N) is 1. The van der Waals surface area contributed by atoms with Gasteiger partial charge in [-0.25, -0.2) is 18.3 Å². The van der Waals surface area contributed by atoms with E-state index in [1.807, 2.05) is 4.90 Å². The molecule has 3 aromatic heterocycles. The van der Waals surface area contributed by atoms with E-state index in [1.165, 1.54) is 6.20 Å². The number of carbonyl (C=O) groups excluding carboxylic acids is 2. The summed E-state index contributed by atoms with van der Waals surface area (Å²) in [4.78, 5) is 35.7. The van der Waals surface area contributed by atoms with Crippen LogP contribution in [-0.4, -0.2) is 62.5 Å². The number of nitrogen functional groups attached to an aromatic ring is 1. The van der Waals surface area contributed by atoms with Gasteiger partial charge in [0, 0.05) is 37.7 Å². The molecule has 2 amide bonds. The normalized spacial score (nSPS) is 20.7. The lowest BCUT2D eigenvalue weighted by molar-refractivity contribution is -0.137.